The predicted molar refractivity (Wildman–Crippen MR) is 99.8 cm³/mol. The minimum absolute atomic E-state index is 0.0443. The lowest BCUT2D eigenvalue weighted by Gasteiger charge is -2.18. The molecule has 0 saturated carbocycles. The summed E-state index contributed by atoms with van der Waals surface area (Å²) in [5, 5.41) is 18.5. The molecule has 0 fully saturated rings. The molecule has 0 heterocycles. The number of methoxy groups -OCH3 is 1. The number of anilines is 1. The van der Waals surface area contributed by atoms with Gasteiger partial charge in [-0.15, -0.1) is 0 Å². The average Bonchev–Trinajstić information content (AvgIpc) is 2.67. The molecule has 9 nitrogen and oxygen atoms in total. The average molecular weight is 372 g/mol. The molecule has 0 radical (unpaired) electrons. The highest BCUT2D eigenvalue weighted by Gasteiger charge is 2.21. The van der Waals surface area contributed by atoms with Crippen molar-refractivity contribution in [1.82, 2.24) is 10.6 Å². The molecular weight excluding hydrogens is 352 g/mol. The summed E-state index contributed by atoms with van der Waals surface area (Å²) in [5.74, 6) is 0.100. The molecule has 0 aromatic heterocycles. The Morgan fingerprint density at radius 2 is 1.81 bits per heavy atom. The van der Waals surface area contributed by atoms with E-state index in [2.05, 4.69) is 16.0 Å². The van der Waals surface area contributed by atoms with Crippen LogP contribution in [0, 0.1) is 10.1 Å². The second kappa shape index (κ2) is 9.18. The maximum atomic E-state index is 12.3. The Morgan fingerprint density at radius 3 is 2.41 bits per heavy atom. The molecule has 0 spiro atoms. The molecule has 27 heavy (non-hydrogen) atoms. The number of nitrogens with zero attached hydrogens (tertiary/aromatic N) is 1. The summed E-state index contributed by atoms with van der Waals surface area (Å²) < 4.78 is 5.17. The van der Waals surface area contributed by atoms with E-state index in [1.165, 1.54) is 26.3 Å². The number of carbonyl (C=O) groups is 2. The van der Waals surface area contributed by atoms with Gasteiger partial charge in [-0.2, -0.15) is 0 Å². The zero-order valence-corrected chi connectivity index (χ0v) is 14.9. The Hall–Kier alpha value is -3.62. The summed E-state index contributed by atoms with van der Waals surface area (Å²) in [5.41, 5.74) is 1.09. The van der Waals surface area contributed by atoms with Gasteiger partial charge in [-0.05, 0) is 17.7 Å². The van der Waals surface area contributed by atoms with Crippen molar-refractivity contribution >= 4 is 23.3 Å². The van der Waals surface area contributed by atoms with E-state index in [1.54, 1.807) is 36.4 Å². The Labute approximate surface area is 155 Å². The van der Waals surface area contributed by atoms with E-state index in [1.807, 2.05) is 0 Å². The van der Waals surface area contributed by atoms with E-state index in [0.717, 1.165) is 0 Å². The van der Waals surface area contributed by atoms with Crippen molar-refractivity contribution in [2.75, 3.05) is 19.5 Å². The van der Waals surface area contributed by atoms with Crippen LogP contribution in [0.25, 0.3) is 0 Å². The van der Waals surface area contributed by atoms with E-state index in [-0.39, 0.29) is 18.0 Å². The SMILES string of the molecule is CNC(=O)C(Cc1ccc([N+](=O)[O-])cc1)NC(=O)Nc1ccccc1OC. The number of amides is 3. The lowest BCUT2D eigenvalue weighted by atomic mass is 10.0. The van der Waals surface area contributed by atoms with Gasteiger partial charge in [0.2, 0.25) is 5.91 Å². The third kappa shape index (κ3) is 5.43. The first-order valence-corrected chi connectivity index (χ1v) is 8.10. The second-order valence-electron chi connectivity index (χ2n) is 5.59. The van der Waals surface area contributed by atoms with Gasteiger partial charge in [0.1, 0.15) is 11.8 Å². The van der Waals surface area contributed by atoms with Crippen molar-refractivity contribution in [2.45, 2.75) is 12.5 Å². The molecule has 0 saturated heterocycles. The van der Waals surface area contributed by atoms with Crippen LogP contribution in [0.2, 0.25) is 0 Å². The van der Waals surface area contributed by atoms with Gasteiger partial charge in [0.15, 0.2) is 0 Å². The number of likely N-dealkylation sites (N-methyl/N-ethyl adjacent to an activating group) is 1. The highest BCUT2D eigenvalue weighted by Crippen LogP contribution is 2.22. The van der Waals surface area contributed by atoms with Crippen LogP contribution in [0.3, 0.4) is 0 Å². The van der Waals surface area contributed by atoms with E-state index in [9.17, 15) is 19.7 Å². The summed E-state index contributed by atoms with van der Waals surface area (Å²) in [6.07, 6.45) is 0.178. The minimum Gasteiger partial charge on any atom is -0.495 e. The number of nitrogens with one attached hydrogen (secondary N) is 3. The number of ether oxygens (including phenoxy) is 1. The molecule has 1 unspecified atom stereocenters. The van der Waals surface area contributed by atoms with E-state index in [0.29, 0.717) is 17.0 Å². The van der Waals surface area contributed by atoms with Gasteiger partial charge >= 0.3 is 6.03 Å². The monoisotopic (exact) mass is 372 g/mol. The van der Waals surface area contributed by atoms with Crippen LogP contribution >= 0.6 is 0 Å². The van der Waals surface area contributed by atoms with Gasteiger partial charge in [-0.25, -0.2) is 4.79 Å². The molecule has 0 aliphatic carbocycles. The zero-order valence-electron chi connectivity index (χ0n) is 14.9. The molecule has 2 aromatic carbocycles. The molecule has 0 aliphatic heterocycles. The zero-order chi connectivity index (χ0) is 19.8. The molecule has 1 atom stereocenters. The predicted octanol–water partition coefficient (Wildman–Crippen LogP) is 2.08. The smallest absolute Gasteiger partial charge is 0.320 e. The van der Waals surface area contributed by atoms with Gasteiger partial charge in [0.05, 0.1) is 17.7 Å². The van der Waals surface area contributed by atoms with Crippen LogP contribution in [0.15, 0.2) is 48.5 Å². The molecule has 2 rings (SSSR count). The number of urea groups is 1. The Balaban J connectivity index is 2.08. The van der Waals surface area contributed by atoms with Gasteiger partial charge in [0, 0.05) is 25.6 Å². The maximum absolute atomic E-state index is 12.3. The van der Waals surface area contributed by atoms with Gasteiger partial charge in [0.25, 0.3) is 5.69 Å². The molecule has 3 N–H and O–H groups in total. The van der Waals surface area contributed by atoms with Gasteiger partial charge in [-0.1, -0.05) is 24.3 Å². The number of nitro benzene ring substituents is 1. The Morgan fingerprint density at radius 1 is 1.15 bits per heavy atom. The number of para-hydroxylation sites is 2. The van der Waals surface area contributed by atoms with Crippen LogP contribution in [0.5, 0.6) is 5.75 Å². The molecule has 2 aromatic rings. The van der Waals surface area contributed by atoms with Crippen LogP contribution in [-0.4, -0.2) is 37.1 Å². The number of hydrogen-bond donors (Lipinski definition) is 3. The van der Waals surface area contributed by atoms with Gasteiger partial charge in [-0.3, -0.25) is 14.9 Å². The molecule has 0 aliphatic rings. The van der Waals surface area contributed by atoms with Crippen molar-refractivity contribution in [2.24, 2.45) is 0 Å². The quantitative estimate of drug-likeness (QED) is 0.507. The first-order valence-electron chi connectivity index (χ1n) is 8.10. The van der Waals surface area contributed by atoms with Crippen molar-refractivity contribution in [3.8, 4) is 5.75 Å². The van der Waals surface area contributed by atoms with E-state index < -0.39 is 17.0 Å². The highest BCUT2D eigenvalue weighted by atomic mass is 16.6. The fourth-order valence-electron chi connectivity index (χ4n) is 2.44. The maximum Gasteiger partial charge on any atom is 0.320 e. The molecule has 9 heteroatoms. The first kappa shape index (κ1) is 19.7. The van der Waals surface area contributed by atoms with Crippen molar-refractivity contribution in [3.63, 3.8) is 0 Å². The number of hydrogen-bond acceptors (Lipinski definition) is 5. The standard InChI is InChI=1S/C18H20N4O5/c1-19-17(23)15(11-12-7-9-13(10-8-12)22(25)26)21-18(24)20-14-5-3-4-6-16(14)27-2/h3-10,15H,11H2,1-2H3,(H,19,23)(H2,20,21,24). The van der Waals surface area contributed by atoms with Crippen LogP contribution in [-0.2, 0) is 11.2 Å². The summed E-state index contributed by atoms with van der Waals surface area (Å²) >= 11 is 0. The van der Waals surface area contributed by atoms with Crippen molar-refractivity contribution in [3.05, 3.63) is 64.2 Å². The largest absolute Gasteiger partial charge is 0.495 e. The number of non-ortho nitro benzene ring substituents is 1. The topological polar surface area (TPSA) is 123 Å². The second-order valence-corrected chi connectivity index (χ2v) is 5.59. The molecule has 0 bridgehead atoms. The molecule has 3 amide bonds. The van der Waals surface area contributed by atoms with Gasteiger partial charge < -0.3 is 20.7 Å². The van der Waals surface area contributed by atoms with Crippen molar-refractivity contribution in [1.29, 1.82) is 0 Å². The summed E-state index contributed by atoms with van der Waals surface area (Å²) in [4.78, 5) is 34.6. The summed E-state index contributed by atoms with van der Waals surface area (Å²) in [7, 11) is 2.95. The minimum atomic E-state index is -0.855. The highest BCUT2D eigenvalue weighted by molar-refractivity contribution is 5.94. The Bertz CT molecular complexity index is 823. The number of rotatable bonds is 7. The number of nitro groups is 1. The van der Waals surface area contributed by atoms with E-state index in [4.69, 9.17) is 4.74 Å². The first-order chi connectivity index (χ1) is 12.9. The molecular formula is C18H20N4O5. The normalized spacial score (nSPS) is 11.2. The lowest BCUT2D eigenvalue weighted by Crippen LogP contribution is -2.48. The summed E-state index contributed by atoms with van der Waals surface area (Å²) in [6.45, 7) is 0. The number of carbonyl (C=O) groups excluding carboxylic acids is 2. The lowest BCUT2D eigenvalue weighted by molar-refractivity contribution is -0.384. The van der Waals surface area contributed by atoms with Crippen molar-refractivity contribution < 1.29 is 19.2 Å². The third-order valence-electron chi connectivity index (χ3n) is 3.81. The van der Waals surface area contributed by atoms with Crippen LogP contribution < -0.4 is 20.7 Å². The fourth-order valence-corrected chi connectivity index (χ4v) is 2.44. The van der Waals surface area contributed by atoms with Crippen LogP contribution in [0.1, 0.15) is 5.56 Å². The van der Waals surface area contributed by atoms with E-state index >= 15 is 0 Å². The number of benzene rings is 2. The van der Waals surface area contributed by atoms with Crippen LogP contribution in [0.4, 0.5) is 16.2 Å². The Kier molecular flexibility index (Phi) is 6.70. The summed E-state index contributed by atoms with van der Waals surface area (Å²) in [6, 6.07) is 11.3. The molecule has 142 valence electrons. The third-order valence-corrected chi connectivity index (χ3v) is 3.81. The fraction of sp³-hybridized carbons (Fsp3) is 0.222.